The van der Waals surface area contributed by atoms with Crippen LogP contribution in [0.2, 0.25) is 0 Å². The standard InChI is InChI=1S/C15H17N3OS/c1-2-7-19-13-5-3-4-12-14(13)17-15(16)18(12)9-11-6-8-20-10-11/h3-6,8,10H,2,7,9H2,1H3,(H2,16,17). The molecule has 3 rings (SSSR count). The van der Waals surface area contributed by atoms with Crippen molar-refractivity contribution in [2.45, 2.75) is 19.9 Å². The summed E-state index contributed by atoms with van der Waals surface area (Å²) in [7, 11) is 0. The molecule has 4 nitrogen and oxygen atoms in total. The molecule has 0 radical (unpaired) electrons. The Morgan fingerprint density at radius 3 is 3.00 bits per heavy atom. The zero-order valence-corrected chi connectivity index (χ0v) is 12.2. The predicted octanol–water partition coefficient (Wildman–Crippen LogP) is 3.52. The molecule has 0 saturated carbocycles. The van der Waals surface area contributed by atoms with E-state index in [9.17, 15) is 0 Å². The first-order valence-corrected chi connectivity index (χ1v) is 7.62. The van der Waals surface area contributed by atoms with Gasteiger partial charge in [0.15, 0.2) is 0 Å². The minimum absolute atomic E-state index is 0.527. The van der Waals surface area contributed by atoms with Gasteiger partial charge < -0.3 is 15.0 Å². The summed E-state index contributed by atoms with van der Waals surface area (Å²) >= 11 is 1.69. The van der Waals surface area contributed by atoms with E-state index in [0.717, 1.165) is 29.7 Å². The van der Waals surface area contributed by atoms with Crippen molar-refractivity contribution in [3.05, 3.63) is 40.6 Å². The number of fused-ring (bicyclic) bond motifs is 1. The summed E-state index contributed by atoms with van der Waals surface area (Å²) in [6.45, 7) is 3.52. The Bertz CT molecular complexity index is 703. The summed E-state index contributed by atoms with van der Waals surface area (Å²) in [6, 6.07) is 8.06. The van der Waals surface area contributed by atoms with Crippen molar-refractivity contribution in [1.82, 2.24) is 9.55 Å². The minimum Gasteiger partial charge on any atom is -0.491 e. The van der Waals surface area contributed by atoms with Crippen molar-refractivity contribution in [2.75, 3.05) is 12.3 Å². The van der Waals surface area contributed by atoms with Gasteiger partial charge >= 0.3 is 0 Å². The largest absolute Gasteiger partial charge is 0.491 e. The number of ether oxygens (including phenoxy) is 1. The van der Waals surface area contributed by atoms with Gasteiger partial charge in [0, 0.05) is 0 Å². The molecule has 0 saturated heterocycles. The fraction of sp³-hybridized carbons (Fsp3) is 0.267. The number of nitrogens with zero attached hydrogens (tertiary/aromatic N) is 2. The Morgan fingerprint density at radius 1 is 1.35 bits per heavy atom. The second-order valence-electron chi connectivity index (χ2n) is 4.66. The van der Waals surface area contributed by atoms with Crippen molar-refractivity contribution in [3.63, 3.8) is 0 Å². The number of thiophene rings is 1. The first-order chi connectivity index (χ1) is 9.79. The highest BCUT2D eigenvalue weighted by Gasteiger charge is 2.12. The van der Waals surface area contributed by atoms with Crippen LogP contribution >= 0.6 is 11.3 Å². The van der Waals surface area contributed by atoms with Crippen LogP contribution in [0.4, 0.5) is 5.95 Å². The molecular weight excluding hydrogens is 270 g/mol. The van der Waals surface area contributed by atoms with E-state index in [1.807, 2.05) is 22.8 Å². The fourth-order valence-corrected chi connectivity index (χ4v) is 2.86. The van der Waals surface area contributed by atoms with E-state index in [1.165, 1.54) is 5.56 Å². The molecule has 2 heterocycles. The normalized spacial score (nSPS) is 11.1. The lowest BCUT2D eigenvalue weighted by molar-refractivity contribution is 0.320. The second-order valence-corrected chi connectivity index (χ2v) is 5.44. The van der Waals surface area contributed by atoms with Gasteiger partial charge in [-0.25, -0.2) is 4.98 Å². The van der Waals surface area contributed by atoms with Crippen molar-refractivity contribution >= 4 is 28.3 Å². The molecule has 0 unspecified atom stereocenters. The van der Waals surface area contributed by atoms with Gasteiger partial charge in [-0.1, -0.05) is 13.0 Å². The van der Waals surface area contributed by atoms with Crippen LogP contribution in [0.25, 0.3) is 11.0 Å². The van der Waals surface area contributed by atoms with Crippen LogP contribution in [-0.2, 0) is 6.54 Å². The molecule has 0 aliphatic rings. The molecule has 2 N–H and O–H groups in total. The molecule has 104 valence electrons. The predicted molar refractivity (Wildman–Crippen MR) is 83.4 cm³/mol. The number of hydrogen-bond donors (Lipinski definition) is 1. The topological polar surface area (TPSA) is 53.1 Å². The van der Waals surface area contributed by atoms with E-state index in [1.54, 1.807) is 11.3 Å². The Morgan fingerprint density at radius 2 is 2.25 bits per heavy atom. The van der Waals surface area contributed by atoms with Gasteiger partial charge in [-0.05, 0) is 40.9 Å². The number of imidazole rings is 1. The lowest BCUT2D eigenvalue weighted by Crippen LogP contribution is -2.03. The molecule has 0 bridgehead atoms. The maximum atomic E-state index is 6.07. The summed E-state index contributed by atoms with van der Waals surface area (Å²) in [5.41, 5.74) is 9.16. The number of para-hydroxylation sites is 1. The highest BCUT2D eigenvalue weighted by Crippen LogP contribution is 2.28. The molecule has 0 spiro atoms. The van der Waals surface area contributed by atoms with Crippen LogP contribution in [0.15, 0.2) is 35.0 Å². The summed E-state index contributed by atoms with van der Waals surface area (Å²) in [5, 5.41) is 4.20. The average molecular weight is 287 g/mol. The molecule has 1 aromatic carbocycles. The fourth-order valence-electron chi connectivity index (χ4n) is 2.20. The Hall–Kier alpha value is -2.01. The number of aromatic nitrogens is 2. The zero-order chi connectivity index (χ0) is 13.9. The summed E-state index contributed by atoms with van der Waals surface area (Å²) < 4.78 is 7.77. The third-order valence-electron chi connectivity index (χ3n) is 3.15. The maximum absolute atomic E-state index is 6.07. The zero-order valence-electron chi connectivity index (χ0n) is 11.4. The quantitative estimate of drug-likeness (QED) is 0.781. The Balaban J connectivity index is 2.02. The van der Waals surface area contributed by atoms with Crippen LogP contribution in [0.3, 0.4) is 0 Å². The lowest BCUT2D eigenvalue weighted by Gasteiger charge is -2.07. The number of nitrogen functional groups attached to an aromatic ring is 1. The van der Waals surface area contributed by atoms with Crippen LogP contribution in [0.5, 0.6) is 5.75 Å². The highest BCUT2D eigenvalue weighted by molar-refractivity contribution is 7.07. The third kappa shape index (κ3) is 2.36. The molecular formula is C15H17N3OS. The van der Waals surface area contributed by atoms with Gasteiger partial charge in [-0.15, -0.1) is 0 Å². The number of rotatable bonds is 5. The number of nitrogens with two attached hydrogens (primary N) is 1. The van der Waals surface area contributed by atoms with E-state index in [4.69, 9.17) is 10.5 Å². The molecule has 0 fully saturated rings. The maximum Gasteiger partial charge on any atom is 0.201 e. The van der Waals surface area contributed by atoms with Gasteiger partial charge in [0.25, 0.3) is 0 Å². The van der Waals surface area contributed by atoms with Gasteiger partial charge in [0.05, 0.1) is 18.7 Å². The summed E-state index contributed by atoms with van der Waals surface area (Å²) in [4.78, 5) is 4.47. The molecule has 0 atom stereocenters. The van der Waals surface area contributed by atoms with Gasteiger partial charge in [0.1, 0.15) is 11.3 Å². The Kier molecular flexibility index (Phi) is 3.60. The first kappa shape index (κ1) is 13.0. The monoisotopic (exact) mass is 287 g/mol. The van der Waals surface area contributed by atoms with Crippen LogP contribution < -0.4 is 10.5 Å². The number of hydrogen-bond acceptors (Lipinski definition) is 4. The highest BCUT2D eigenvalue weighted by atomic mass is 32.1. The molecule has 20 heavy (non-hydrogen) atoms. The third-order valence-corrected chi connectivity index (χ3v) is 3.89. The van der Waals surface area contributed by atoms with E-state index in [2.05, 4.69) is 28.7 Å². The van der Waals surface area contributed by atoms with Gasteiger partial charge in [-0.2, -0.15) is 11.3 Å². The first-order valence-electron chi connectivity index (χ1n) is 6.68. The molecule has 3 aromatic rings. The molecule has 2 aromatic heterocycles. The van der Waals surface area contributed by atoms with Crippen molar-refractivity contribution in [1.29, 1.82) is 0 Å². The van der Waals surface area contributed by atoms with Crippen molar-refractivity contribution in [3.8, 4) is 5.75 Å². The van der Waals surface area contributed by atoms with E-state index < -0.39 is 0 Å². The number of anilines is 1. The minimum atomic E-state index is 0.527. The average Bonchev–Trinajstić information content (AvgIpc) is 3.06. The Labute approximate surface area is 121 Å². The molecule has 5 heteroatoms. The lowest BCUT2D eigenvalue weighted by atomic mass is 10.2. The molecule has 0 amide bonds. The molecule has 0 aliphatic carbocycles. The van der Waals surface area contributed by atoms with E-state index in [0.29, 0.717) is 12.6 Å². The van der Waals surface area contributed by atoms with Crippen molar-refractivity contribution < 1.29 is 4.74 Å². The van der Waals surface area contributed by atoms with Gasteiger partial charge in [0.2, 0.25) is 5.95 Å². The van der Waals surface area contributed by atoms with Gasteiger partial charge in [-0.3, -0.25) is 0 Å². The SMILES string of the molecule is CCCOc1cccc2c1nc(N)n2Cc1ccsc1. The molecule has 0 aliphatic heterocycles. The summed E-state index contributed by atoms with van der Waals surface area (Å²) in [5.74, 6) is 1.33. The van der Waals surface area contributed by atoms with E-state index in [-0.39, 0.29) is 0 Å². The van der Waals surface area contributed by atoms with Crippen LogP contribution in [0.1, 0.15) is 18.9 Å². The van der Waals surface area contributed by atoms with Crippen molar-refractivity contribution in [2.24, 2.45) is 0 Å². The summed E-state index contributed by atoms with van der Waals surface area (Å²) in [6.07, 6.45) is 0.974. The number of benzene rings is 1. The van der Waals surface area contributed by atoms with Crippen LogP contribution in [0, 0.1) is 0 Å². The van der Waals surface area contributed by atoms with Crippen LogP contribution in [-0.4, -0.2) is 16.2 Å². The van der Waals surface area contributed by atoms with E-state index >= 15 is 0 Å². The second kappa shape index (κ2) is 5.54. The smallest absolute Gasteiger partial charge is 0.201 e.